The minimum atomic E-state index is -4.80. The first-order chi connectivity index (χ1) is 14.0. The normalized spacial score (nSPS) is 12.5. The molecule has 154 valence electrons. The first-order valence-electron chi connectivity index (χ1n) is 8.51. The van der Waals surface area contributed by atoms with E-state index in [0.29, 0.717) is 10.9 Å². The molecular formula is C20H15NO7S2. The van der Waals surface area contributed by atoms with E-state index in [4.69, 9.17) is 5.73 Å². The van der Waals surface area contributed by atoms with E-state index in [-0.39, 0.29) is 22.0 Å². The van der Waals surface area contributed by atoms with Crippen molar-refractivity contribution in [3.05, 3.63) is 60.7 Å². The Bertz CT molecular complexity index is 1550. The molecule has 4 aromatic carbocycles. The Balaban J connectivity index is 2.22. The Morgan fingerprint density at radius 2 is 1.43 bits per heavy atom. The molecular weight excluding hydrogens is 430 g/mol. The Hall–Kier alpha value is -3.18. The van der Waals surface area contributed by atoms with E-state index < -0.39 is 35.8 Å². The van der Waals surface area contributed by atoms with E-state index in [2.05, 4.69) is 0 Å². The number of hydrogen-bond donors (Lipinski definition) is 4. The molecule has 4 rings (SSSR count). The van der Waals surface area contributed by atoms with Gasteiger partial charge in [-0.25, -0.2) is 0 Å². The number of rotatable bonds is 3. The number of benzene rings is 4. The van der Waals surface area contributed by atoms with Gasteiger partial charge in [0.05, 0.1) is 10.6 Å². The van der Waals surface area contributed by atoms with E-state index in [0.717, 1.165) is 23.6 Å². The topological polar surface area (TPSA) is 155 Å². The van der Waals surface area contributed by atoms with Crippen molar-refractivity contribution in [3.8, 4) is 16.9 Å². The van der Waals surface area contributed by atoms with Crippen LogP contribution < -0.4 is 5.73 Å². The molecule has 0 amide bonds. The third-order valence-corrected chi connectivity index (χ3v) is 6.54. The molecule has 30 heavy (non-hydrogen) atoms. The van der Waals surface area contributed by atoms with Crippen LogP contribution in [0.1, 0.15) is 0 Å². The van der Waals surface area contributed by atoms with Crippen LogP contribution in [0.25, 0.3) is 32.7 Å². The van der Waals surface area contributed by atoms with E-state index in [1.165, 1.54) is 0 Å². The summed E-state index contributed by atoms with van der Waals surface area (Å²) in [6.07, 6.45) is 0. The number of phenols is 1. The lowest BCUT2D eigenvalue weighted by Crippen LogP contribution is -2.06. The van der Waals surface area contributed by atoms with Crippen molar-refractivity contribution >= 4 is 47.5 Å². The fourth-order valence-electron chi connectivity index (χ4n) is 3.57. The summed E-state index contributed by atoms with van der Waals surface area (Å²) in [6, 6.07) is 15.0. The molecule has 0 aliphatic carbocycles. The second-order valence-electron chi connectivity index (χ2n) is 6.68. The third kappa shape index (κ3) is 3.25. The Morgan fingerprint density at radius 1 is 0.767 bits per heavy atom. The molecule has 0 bridgehead atoms. The number of phenolic OH excluding ortho intramolecular Hbond substituents is 1. The molecule has 0 radical (unpaired) electrons. The maximum absolute atomic E-state index is 12.2. The number of hydrogen-bond acceptors (Lipinski definition) is 6. The second kappa shape index (κ2) is 6.67. The zero-order valence-electron chi connectivity index (χ0n) is 15.1. The van der Waals surface area contributed by atoms with Crippen LogP contribution in [-0.2, 0) is 20.2 Å². The fourth-order valence-corrected chi connectivity index (χ4v) is 4.86. The van der Waals surface area contributed by atoms with Crippen LogP contribution in [0.4, 0.5) is 5.69 Å². The third-order valence-electron chi connectivity index (χ3n) is 4.83. The highest BCUT2D eigenvalue weighted by Gasteiger charge is 2.25. The molecule has 0 fully saturated rings. The van der Waals surface area contributed by atoms with Gasteiger partial charge < -0.3 is 10.8 Å². The van der Waals surface area contributed by atoms with Gasteiger partial charge in [0.2, 0.25) is 0 Å². The van der Waals surface area contributed by atoms with Crippen LogP contribution >= 0.6 is 0 Å². The van der Waals surface area contributed by atoms with E-state index in [1.807, 2.05) is 18.2 Å². The molecule has 0 aromatic heterocycles. The summed E-state index contributed by atoms with van der Waals surface area (Å²) in [6.45, 7) is 0. The fraction of sp³-hybridized carbons (Fsp3) is 0. The van der Waals surface area contributed by atoms with Gasteiger partial charge in [0.25, 0.3) is 20.2 Å². The van der Waals surface area contributed by atoms with Crippen LogP contribution in [0.5, 0.6) is 5.75 Å². The summed E-state index contributed by atoms with van der Waals surface area (Å²) in [4.78, 5) is -1.21. The van der Waals surface area contributed by atoms with Crippen LogP contribution in [0.15, 0.2) is 70.5 Å². The highest BCUT2D eigenvalue weighted by molar-refractivity contribution is 7.86. The number of nitrogens with two attached hydrogens (primary N) is 1. The van der Waals surface area contributed by atoms with Crippen LogP contribution in [-0.4, -0.2) is 31.0 Å². The molecule has 0 saturated carbocycles. The number of anilines is 1. The monoisotopic (exact) mass is 445 g/mol. The average molecular weight is 445 g/mol. The van der Waals surface area contributed by atoms with E-state index in [9.17, 15) is 31.0 Å². The summed E-state index contributed by atoms with van der Waals surface area (Å²) in [5, 5.41) is 11.8. The maximum Gasteiger partial charge on any atom is 0.295 e. The molecule has 8 nitrogen and oxygen atoms in total. The summed E-state index contributed by atoms with van der Waals surface area (Å²) in [7, 11) is -9.48. The lowest BCUT2D eigenvalue weighted by atomic mass is 9.94. The minimum absolute atomic E-state index is 0.0160. The summed E-state index contributed by atoms with van der Waals surface area (Å²) < 4.78 is 66.5. The van der Waals surface area contributed by atoms with Crippen molar-refractivity contribution < 1.29 is 31.0 Å². The number of aromatic hydroxyl groups is 1. The van der Waals surface area contributed by atoms with Gasteiger partial charge in [0.1, 0.15) is 10.6 Å². The second-order valence-corrected chi connectivity index (χ2v) is 9.49. The number of fused-ring (bicyclic) bond motifs is 2. The van der Waals surface area contributed by atoms with Crippen molar-refractivity contribution in [2.24, 2.45) is 0 Å². The molecule has 0 spiro atoms. The largest absolute Gasteiger partial charge is 0.507 e. The predicted molar refractivity (Wildman–Crippen MR) is 113 cm³/mol. The van der Waals surface area contributed by atoms with Crippen molar-refractivity contribution in [2.45, 2.75) is 9.79 Å². The van der Waals surface area contributed by atoms with Crippen molar-refractivity contribution in [1.82, 2.24) is 0 Å². The van der Waals surface area contributed by atoms with Gasteiger partial charge in [0.15, 0.2) is 0 Å². The summed E-state index contributed by atoms with van der Waals surface area (Å²) in [5.41, 5.74) is 6.45. The van der Waals surface area contributed by atoms with Gasteiger partial charge in [-0.1, -0.05) is 42.5 Å². The standard InChI is InChI=1S/C20H15NO7S2/c21-20-18-12(8-13(10-16(18)22)29(23,24)25)9-17(30(26,27)28)19(20)15-7-3-5-11-4-1-2-6-14(11)15/h1-10,22H,21H2,(H,23,24,25)(H,26,27,28). The Labute approximate surface area is 171 Å². The molecule has 0 atom stereocenters. The highest BCUT2D eigenvalue weighted by Crippen LogP contribution is 2.44. The quantitative estimate of drug-likeness (QED) is 0.276. The van der Waals surface area contributed by atoms with Crippen LogP contribution in [0.3, 0.4) is 0 Å². The zero-order valence-corrected chi connectivity index (χ0v) is 16.8. The lowest BCUT2D eigenvalue weighted by Gasteiger charge is -2.17. The minimum Gasteiger partial charge on any atom is -0.507 e. The Kier molecular flexibility index (Phi) is 4.47. The van der Waals surface area contributed by atoms with Gasteiger partial charge >= 0.3 is 0 Å². The van der Waals surface area contributed by atoms with Crippen molar-refractivity contribution in [2.75, 3.05) is 5.73 Å². The molecule has 0 unspecified atom stereocenters. The van der Waals surface area contributed by atoms with Crippen molar-refractivity contribution in [1.29, 1.82) is 0 Å². The first kappa shape index (κ1) is 20.1. The van der Waals surface area contributed by atoms with E-state index in [1.54, 1.807) is 24.3 Å². The molecule has 4 aromatic rings. The van der Waals surface area contributed by atoms with E-state index >= 15 is 0 Å². The molecule has 0 heterocycles. The van der Waals surface area contributed by atoms with Crippen molar-refractivity contribution in [3.63, 3.8) is 0 Å². The molecule has 0 saturated heterocycles. The Morgan fingerprint density at radius 3 is 2.10 bits per heavy atom. The zero-order chi connectivity index (χ0) is 21.8. The molecule has 0 aliphatic rings. The summed E-state index contributed by atoms with van der Waals surface area (Å²) >= 11 is 0. The van der Waals surface area contributed by atoms with Gasteiger partial charge in [-0.15, -0.1) is 0 Å². The SMILES string of the molecule is Nc1c(-c2cccc3ccccc23)c(S(=O)(=O)O)cc2cc(S(=O)(=O)O)cc(O)c12. The molecule has 5 N–H and O–H groups in total. The van der Waals surface area contributed by atoms with Gasteiger partial charge in [-0.05, 0) is 33.9 Å². The molecule has 0 aliphatic heterocycles. The van der Waals surface area contributed by atoms with Crippen LogP contribution in [0, 0.1) is 0 Å². The van der Waals surface area contributed by atoms with Gasteiger partial charge in [0, 0.05) is 17.0 Å². The summed E-state index contributed by atoms with van der Waals surface area (Å²) in [5.74, 6) is -0.569. The van der Waals surface area contributed by atoms with Gasteiger partial charge in [-0.2, -0.15) is 16.8 Å². The lowest BCUT2D eigenvalue weighted by molar-refractivity contribution is 0.471. The maximum atomic E-state index is 12.2. The number of nitrogen functional groups attached to an aromatic ring is 1. The first-order valence-corrected chi connectivity index (χ1v) is 11.4. The van der Waals surface area contributed by atoms with Gasteiger partial charge in [-0.3, -0.25) is 9.11 Å². The predicted octanol–water partition coefficient (Wildman–Crippen LogP) is 3.44. The highest BCUT2D eigenvalue weighted by atomic mass is 32.2. The smallest absolute Gasteiger partial charge is 0.295 e. The van der Waals surface area contributed by atoms with Crippen LogP contribution in [0.2, 0.25) is 0 Å². The molecule has 10 heteroatoms. The average Bonchev–Trinajstić information content (AvgIpc) is 2.65.